The first-order valence-electron chi connectivity index (χ1n) is 5.96. The number of rotatable bonds is 3. The Labute approximate surface area is 107 Å². The second kappa shape index (κ2) is 4.83. The fourth-order valence-corrected chi connectivity index (χ4v) is 1.89. The number of amides is 1. The molecule has 1 saturated carbocycles. The molecule has 19 heavy (non-hydrogen) atoms. The van der Waals surface area contributed by atoms with E-state index in [1.165, 1.54) is 0 Å². The molecule has 1 unspecified atom stereocenters. The maximum absolute atomic E-state index is 13.1. The highest BCUT2D eigenvalue weighted by Gasteiger charge is 2.35. The molecule has 104 valence electrons. The largest absolute Gasteiger partial charge is 0.419 e. The number of benzene rings is 1. The Morgan fingerprint density at radius 3 is 2.53 bits per heavy atom. The molecule has 1 N–H and O–H groups in total. The van der Waals surface area contributed by atoms with Gasteiger partial charge in [-0.25, -0.2) is 4.39 Å². The average molecular weight is 275 g/mol. The summed E-state index contributed by atoms with van der Waals surface area (Å²) in [6, 6.07) is 2.19. The van der Waals surface area contributed by atoms with Gasteiger partial charge in [-0.1, -0.05) is 0 Å². The third-order valence-electron chi connectivity index (χ3n) is 3.22. The standard InChI is InChI=1S/C13H13F4NO/c1-7(8-2-3-8)18-12(19)9-4-5-11(14)10(6-9)13(15,16)17/h4-8H,2-3H2,1H3,(H,18,19). The van der Waals surface area contributed by atoms with Crippen LogP contribution in [0.3, 0.4) is 0 Å². The highest BCUT2D eigenvalue weighted by molar-refractivity contribution is 5.94. The molecule has 2 rings (SSSR count). The van der Waals surface area contributed by atoms with Gasteiger partial charge in [0.05, 0.1) is 5.56 Å². The maximum atomic E-state index is 13.1. The van der Waals surface area contributed by atoms with Gasteiger partial charge in [-0.05, 0) is 43.9 Å². The minimum Gasteiger partial charge on any atom is -0.349 e. The van der Waals surface area contributed by atoms with Crippen LogP contribution >= 0.6 is 0 Å². The summed E-state index contributed by atoms with van der Waals surface area (Å²) in [5.41, 5.74) is -1.60. The van der Waals surface area contributed by atoms with E-state index < -0.39 is 23.5 Å². The second-order valence-corrected chi connectivity index (χ2v) is 4.79. The van der Waals surface area contributed by atoms with Crippen molar-refractivity contribution in [2.75, 3.05) is 0 Å². The molecule has 1 amide bonds. The SMILES string of the molecule is CC(NC(=O)c1ccc(F)c(C(F)(F)F)c1)C1CC1. The van der Waals surface area contributed by atoms with Gasteiger partial charge in [-0.2, -0.15) is 13.2 Å². The minimum absolute atomic E-state index is 0.0770. The lowest BCUT2D eigenvalue weighted by atomic mass is 10.1. The highest BCUT2D eigenvalue weighted by atomic mass is 19.4. The predicted molar refractivity (Wildman–Crippen MR) is 61.1 cm³/mol. The first kappa shape index (κ1) is 13.8. The lowest BCUT2D eigenvalue weighted by Crippen LogP contribution is -2.34. The van der Waals surface area contributed by atoms with Gasteiger partial charge in [0.15, 0.2) is 0 Å². The zero-order valence-corrected chi connectivity index (χ0v) is 10.2. The summed E-state index contributed by atoms with van der Waals surface area (Å²) in [6.07, 6.45) is -2.78. The van der Waals surface area contributed by atoms with Crippen molar-refractivity contribution in [2.24, 2.45) is 5.92 Å². The molecule has 0 aliphatic heterocycles. The smallest absolute Gasteiger partial charge is 0.349 e. The quantitative estimate of drug-likeness (QED) is 0.842. The summed E-state index contributed by atoms with van der Waals surface area (Å²) in [5, 5.41) is 2.63. The van der Waals surface area contributed by atoms with Crippen molar-refractivity contribution in [3.8, 4) is 0 Å². The summed E-state index contributed by atoms with van der Waals surface area (Å²) in [6.45, 7) is 1.81. The molecule has 0 heterocycles. The molecular formula is C13H13F4NO. The molecule has 2 nitrogen and oxygen atoms in total. The van der Waals surface area contributed by atoms with Gasteiger partial charge >= 0.3 is 6.18 Å². The average Bonchev–Trinajstić information content (AvgIpc) is 3.11. The van der Waals surface area contributed by atoms with Crippen LogP contribution in [0.15, 0.2) is 18.2 Å². The van der Waals surface area contributed by atoms with Crippen molar-refractivity contribution >= 4 is 5.91 Å². The van der Waals surface area contributed by atoms with Gasteiger partial charge in [0.2, 0.25) is 0 Å². The summed E-state index contributed by atoms with van der Waals surface area (Å²) in [4.78, 5) is 11.8. The summed E-state index contributed by atoms with van der Waals surface area (Å²) >= 11 is 0. The van der Waals surface area contributed by atoms with Gasteiger partial charge in [0.25, 0.3) is 5.91 Å². The molecule has 1 aliphatic rings. The fraction of sp³-hybridized carbons (Fsp3) is 0.462. The van der Waals surface area contributed by atoms with E-state index in [-0.39, 0.29) is 11.6 Å². The number of hydrogen-bond donors (Lipinski definition) is 1. The van der Waals surface area contributed by atoms with E-state index in [4.69, 9.17) is 0 Å². The zero-order valence-electron chi connectivity index (χ0n) is 10.2. The molecule has 0 aromatic heterocycles. The molecule has 1 aromatic carbocycles. The Kier molecular flexibility index (Phi) is 3.52. The van der Waals surface area contributed by atoms with Crippen molar-refractivity contribution in [3.05, 3.63) is 35.1 Å². The zero-order chi connectivity index (χ0) is 14.2. The van der Waals surface area contributed by atoms with Crippen LogP contribution in [0.4, 0.5) is 17.6 Å². The molecule has 0 spiro atoms. The number of carbonyl (C=O) groups excluding carboxylic acids is 1. The molecule has 0 saturated heterocycles. The normalized spacial score (nSPS) is 17.1. The van der Waals surface area contributed by atoms with Gasteiger partial charge < -0.3 is 5.32 Å². The van der Waals surface area contributed by atoms with Crippen molar-refractivity contribution in [1.29, 1.82) is 0 Å². The topological polar surface area (TPSA) is 29.1 Å². The van der Waals surface area contributed by atoms with Crippen LogP contribution in [0.5, 0.6) is 0 Å². The van der Waals surface area contributed by atoms with E-state index >= 15 is 0 Å². The second-order valence-electron chi connectivity index (χ2n) is 4.79. The Bertz CT molecular complexity index is 494. The Hall–Kier alpha value is -1.59. The molecule has 1 aromatic rings. The van der Waals surface area contributed by atoms with Crippen LogP contribution in [-0.4, -0.2) is 11.9 Å². The van der Waals surface area contributed by atoms with Crippen LogP contribution < -0.4 is 5.32 Å². The van der Waals surface area contributed by atoms with Crippen LogP contribution in [-0.2, 0) is 6.18 Å². The number of halogens is 4. The van der Waals surface area contributed by atoms with Crippen molar-refractivity contribution in [2.45, 2.75) is 32.0 Å². The number of carbonyl (C=O) groups is 1. The van der Waals surface area contributed by atoms with Crippen LogP contribution in [0.1, 0.15) is 35.7 Å². The monoisotopic (exact) mass is 275 g/mol. The third-order valence-corrected chi connectivity index (χ3v) is 3.22. The molecular weight excluding hydrogens is 262 g/mol. The molecule has 6 heteroatoms. The molecule has 1 fully saturated rings. The number of alkyl halides is 3. The van der Waals surface area contributed by atoms with E-state index in [1.807, 2.05) is 6.92 Å². The molecule has 1 aliphatic carbocycles. The maximum Gasteiger partial charge on any atom is 0.419 e. The fourth-order valence-electron chi connectivity index (χ4n) is 1.89. The van der Waals surface area contributed by atoms with Crippen LogP contribution in [0.2, 0.25) is 0 Å². The molecule has 0 radical (unpaired) electrons. The lowest BCUT2D eigenvalue weighted by molar-refractivity contribution is -0.140. The molecule has 0 bridgehead atoms. The van der Waals surface area contributed by atoms with Gasteiger partial charge in [-0.3, -0.25) is 4.79 Å². The number of hydrogen-bond acceptors (Lipinski definition) is 1. The Balaban J connectivity index is 2.18. The number of nitrogens with one attached hydrogen (secondary N) is 1. The van der Waals surface area contributed by atoms with Gasteiger partial charge in [0, 0.05) is 11.6 Å². The molecule has 1 atom stereocenters. The first-order chi connectivity index (χ1) is 8.79. The Morgan fingerprint density at radius 2 is 2.00 bits per heavy atom. The highest BCUT2D eigenvalue weighted by Crippen LogP contribution is 2.33. The lowest BCUT2D eigenvalue weighted by Gasteiger charge is -2.14. The van der Waals surface area contributed by atoms with E-state index in [0.29, 0.717) is 18.1 Å². The summed E-state index contributed by atoms with van der Waals surface area (Å²) < 4.78 is 50.6. The van der Waals surface area contributed by atoms with E-state index in [2.05, 4.69) is 5.32 Å². The van der Waals surface area contributed by atoms with E-state index in [0.717, 1.165) is 18.9 Å². The van der Waals surface area contributed by atoms with E-state index in [9.17, 15) is 22.4 Å². The van der Waals surface area contributed by atoms with E-state index in [1.54, 1.807) is 0 Å². The van der Waals surface area contributed by atoms with Crippen molar-refractivity contribution in [1.82, 2.24) is 5.32 Å². The van der Waals surface area contributed by atoms with Crippen LogP contribution in [0.25, 0.3) is 0 Å². The predicted octanol–water partition coefficient (Wildman–Crippen LogP) is 3.37. The third kappa shape index (κ3) is 3.24. The van der Waals surface area contributed by atoms with Crippen molar-refractivity contribution < 1.29 is 22.4 Å². The van der Waals surface area contributed by atoms with Crippen molar-refractivity contribution in [3.63, 3.8) is 0 Å². The van der Waals surface area contributed by atoms with Gasteiger partial charge in [0.1, 0.15) is 5.82 Å². The minimum atomic E-state index is -4.80. The van der Waals surface area contributed by atoms with Gasteiger partial charge in [-0.15, -0.1) is 0 Å². The first-order valence-corrected chi connectivity index (χ1v) is 5.96. The van der Waals surface area contributed by atoms with Crippen LogP contribution in [0, 0.1) is 11.7 Å². The summed E-state index contributed by atoms with van der Waals surface area (Å²) in [7, 11) is 0. The Morgan fingerprint density at radius 1 is 1.37 bits per heavy atom. The summed E-state index contributed by atoms with van der Waals surface area (Å²) in [5.74, 6) is -1.59.